The topological polar surface area (TPSA) is 127 Å². The minimum absolute atomic E-state index is 0.0367. The summed E-state index contributed by atoms with van der Waals surface area (Å²) < 4.78 is 30.6. The van der Waals surface area contributed by atoms with Crippen LogP contribution in [0.2, 0.25) is 0 Å². The van der Waals surface area contributed by atoms with E-state index in [1.807, 2.05) is 0 Å². The van der Waals surface area contributed by atoms with Gasteiger partial charge in [0.05, 0.1) is 28.5 Å². The number of nitrogens with one attached hydrogen (secondary N) is 2. The van der Waals surface area contributed by atoms with Crippen molar-refractivity contribution in [2.24, 2.45) is 0 Å². The summed E-state index contributed by atoms with van der Waals surface area (Å²) in [5.74, 6) is -1.76. The van der Waals surface area contributed by atoms with E-state index in [1.54, 1.807) is 6.92 Å². The lowest BCUT2D eigenvalue weighted by atomic mass is 10.1. The molecule has 0 saturated carbocycles. The fourth-order valence-electron chi connectivity index (χ4n) is 2.13. The quantitative estimate of drug-likeness (QED) is 0.458. The average Bonchev–Trinajstić information content (AvgIpc) is 2.95. The van der Waals surface area contributed by atoms with Crippen molar-refractivity contribution in [3.05, 3.63) is 50.8 Å². The van der Waals surface area contributed by atoms with E-state index in [2.05, 4.69) is 15.5 Å². The average molecular weight is 368 g/mol. The normalized spacial score (nSPS) is 10.7. The second kappa shape index (κ2) is 7.68. The Balaban J connectivity index is 2.41. The molecule has 1 heterocycles. The third-order valence-corrected chi connectivity index (χ3v) is 3.32. The van der Waals surface area contributed by atoms with Gasteiger partial charge >= 0.3 is 5.97 Å². The maximum atomic E-state index is 12.9. The number of carbonyl (C=O) groups is 2. The van der Waals surface area contributed by atoms with E-state index in [0.717, 1.165) is 18.2 Å². The third kappa shape index (κ3) is 3.99. The van der Waals surface area contributed by atoms with Crippen molar-refractivity contribution in [3.63, 3.8) is 0 Å². The van der Waals surface area contributed by atoms with Gasteiger partial charge in [-0.25, -0.2) is 13.6 Å². The molecule has 1 aromatic heterocycles. The maximum Gasteiger partial charge on any atom is 0.338 e. The summed E-state index contributed by atoms with van der Waals surface area (Å²) in [5, 5.41) is 19.0. The van der Waals surface area contributed by atoms with Crippen molar-refractivity contribution in [2.75, 3.05) is 11.9 Å². The molecule has 9 nitrogen and oxygen atoms in total. The largest absolute Gasteiger partial charge is 0.462 e. The van der Waals surface area contributed by atoms with Gasteiger partial charge in [-0.05, 0) is 19.9 Å². The maximum absolute atomic E-state index is 12.9. The highest BCUT2D eigenvalue weighted by atomic mass is 19.3. The molecular weight excluding hydrogens is 354 g/mol. The van der Waals surface area contributed by atoms with Crippen molar-refractivity contribution >= 4 is 23.3 Å². The lowest BCUT2D eigenvalue weighted by Gasteiger charge is -2.08. The second-order valence-electron chi connectivity index (χ2n) is 5.11. The molecule has 0 aliphatic carbocycles. The second-order valence-corrected chi connectivity index (χ2v) is 5.11. The zero-order chi connectivity index (χ0) is 19.4. The summed E-state index contributed by atoms with van der Waals surface area (Å²) in [4.78, 5) is 34.4. The van der Waals surface area contributed by atoms with Crippen molar-refractivity contribution < 1.29 is 28.0 Å². The molecule has 0 atom stereocenters. The number of nitro groups is 1. The van der Waals surface area contributed by atoms with Crippen LogP contribution in [0.25, 0.3) is 0 Å². The van der Waals surface area contributed by atoms with Crippen molar-refractivity contribution in [1.29, 1.82) is 0 Å². The van der Waals surface area contributed by atoms with Crippen molar-refractivity contribution in [3.8, 4) is 0 Å². The fourth-order valence-corrected chi connectivity index (χ4v) is 2.13. The molecular formula is C15H14F2N4O5. The van der Waals surface area contributed by atoms with Gasteiger partial charge in [0.25, 0.3) is 18.0 Å². The van der Waals surface area contributed by atoms with Crippen LogP contribution in [-0.4, -0.2) is 33.6 Å². The molecule has 0 aliphatic rings. The molecule has 26 heavy (non-hydrogen) atoms. The first kappa shape index (κ1) is 19.0. The number of ether oxygens (including phenoxy) is 1. The van der Waals surface area contributed by atoms with E-state index in [1.165, 1.54) is 6.92 Å². The fraction of sp³-hybridized carbons (Fsp3) is 0.267. The Morgan fingerprint density at radius 1 is 1.35 bits per heavy atom. The van der Waals surface area contributed by atoms with Gasteiger partial charge in [-0.3, -0.25) is 20.0 Å². The van der Waals surface area contributed by atoms with Gasteiger partial charge in [0, 0.05) is 17.7 Å². The molecule has 0 bridgehead atoms. The molecule has 0 spiro atoms. The number of esters is 1. The summed E-state index contributed by atoms with van der Waals surface area (Å²) in [6.45, 7) is 3.01. The Morgan fingerprint density at radius 2 is 2.00 bits per heavy atom. The van der Waals surface area contributed by atoms with Gasteiger partial charge < -0.3 is 10.1 Å². The summed E-state index contributed by atoms with van der Waals surface area (Å²) in [7, 11) is 0. The van der Waals surface area contributed by atoms with Gasteiger partial charge in [-0.2, -0.15) is 5.10 Å². The number of benzene rings is 1. The molecule has 138 valence electrons. The lowest BCUT2D eigenvalue weighted by Crippen LogP contribution is -2.15. The summed E-state index contributed by atoms with van der Waals surface area (Å²) in [6, 6.07) is 2.97. The van der Waals surface area contributed by atoms with E-state index >= 15 is 0 Å². The number of aromatic amines is 1. The number of hydrogen-bond acceptors (Lipinski definition) is 6. The first-order valence-electron chi connectivity index (χ1n) is 7.35. The predicted octanol–water partition coefficient (Wildman–Crippen LogP) is 2.99. The number of rotatable bonds is 6. The monoisotopic (exact) mass is 368 g/mol. The molecule has 2 N–H and O–H groups in total. The number of halogens is 2. The van der Waals surface area contributed by atoms with Crippen molar-refractivity contribution in [2.45, 2.75) is 20.3 Å². The Labute approximate surface area is 145 Å². The Bertz CT molecular complexity index is 866. The van der Waals surface area contributed by atoms with Crippen LogP contribution in [0.4, 0.5) is 20.2 Å². The minimum atomic E-state index is -2.93. The van der Waals surface area contributed by atoms with Gasteiger partial charge in [0.2, 0.25) is 0 Å². The van der Waals surface area contributed by atoms with Crippen LogP contribution >= 0.6 is 0 Å². The van der Waals surface area contributed by atoms with Gasteiger partial charge in [-0.1, -0.05) is 0 Å². The van der Waals surface area contributed by atoms with E-state index in [0.29, 0.717) is 0 Å². The Morgan fingerprint density at radius 3 is 2.58 bits per heavy atom. The molecule has 2 rings (SSSR count). The number of H-pyrrole nitrogens is 1. The van der Waals surface area contributed by atoms with E-state index in [4.69, 9.17) is 4.74 Å². The lowest BCUT2D eigenvalue weighted by molar-refractivity contribution is -0.384. The highest BCUT2D eigenvalue weighted by Gasteiger charge is 2.23. The third-order valence-electron chi connectivity index (χ3n) is 3.32. The number of nitrogens with zero attached hydrogens (tertiary/aromatic N) is 2. The first-order chi connectivity index (χ1) is 12.2. The van der Waals surface area contributed by atoms with Crippen LogP contribution in [0.3, 0.4) is 0 Å². The molecule has 0 aliphatic heterocycles. The van der Waals surface area contributed by atoms with Crippen LogP contribution < -0.4 is 5.32 Å². The van der Waals surface area contributed by atoms with E-state index in [-0.39, 0.29) is 29.1 Å². The Hall–Kier alpha value is -3.37. The first-order valence-corrected chi connectivity index (χ1v) is 7.35. The Kier molecular flexibility index (Phi) is 5.60. The summed E-state index contributed by atoms with van der Waals surface area (Å²) in [5.41, 5.74) is -1.68. The van der Waals surface area contributed by atoms with Gasteiger partial charge in [0.15, 0.2) is 5.69 Å². The summed E-state index contributed by atoms with van der Waals surface area (Å²) in [6.07, 6.45) is -2.93. The molecule has 0 fully saturated rings. The molecule has 0 unspecified atom stereocenters. The van der Waals surface area contributed by atoms with Crippen LogP contribution in [0.5, 0.6) is 0 Å². The van der Waals surface area contributed by atoms with E-state index in [9.17, 15) is 28.5 Å². The smallest absolute Gasteiger partial charge is 0.338 e. The zero-order valence-electron chi connectivity index (χ0n) is 13.7. The van der Waals surface area contributed by atoms with Crippen LogP contribution in [0.1, 0.15) is 45.5 Å². The standard InChI is InChI=1S/C15H14F2N4O5/c1-3-26-15(23)9-4-8(5-10(6-9)21(24)25)14(22)18-11-7(2)19-20-12(11)13(16)17/h4-6,13H,3H2,1-2H3,(H,18,22)(H,19,20). The predicted molar refractivity (Wildman–Crippen MR) is 85.3 cm³/mol. The van der Waals surface area contributed by atoms with Crippen molar-refractivity contribution in [1.82, 2.24) is 10.2 Å². The van der Waals surface area contributed by atoms with Gasteiger partial charge in [0.1, 0.15) is 0 Å². The number of non-ortho nitro benzene ring substituents is 1. The van der Waals surface area contributed by atoms with Crippen LogP contribution in [0.15, 0.2) is 18.2 Å². The number of hydrogen-bond donors (Lipinski definition) is 2. The van der Waals surface area contributed by atoms with E-state index < -0.39 is 34.6 Å². The summed E-state index contributed by atoms with van der Waals surface area (Å²) >= 11 is 0. The SMILES string of the molecule is CCOC(=O)c1cc(C(=O)Nc2c(C(F)F)n[nH]c2C)cc([N+](=O)[O-])c1. The van der Waals surface area contributed by atoms with Crippen LogP contribution in [-0.2, 0) is 4.74 Å². The number of anilines is 1. The molecule has 0 saturated heterocycles. The molecule has 0 radical (unpaired) electrons. The number of aromatic nitrogens is 2. The van der Waals surface area contributed by atoms with Gasteiger partial charge in [-0.15, -0.1) is 0 Å². The zero-order valence-corrected chi connectivity index (χ0v) is 13.7. The number of amides is 1. The molecule has 1 amide bonds. The number of carbonyl (C=O) groups excluding carboxylic acids is 2. The number of alkyl halides is 2. The number of nitro benzene ring substituents is 1. The highest BCUT2D eigenvalue weighted by molar-refractivity contribution is 6.06. The molecule has 11 heteroatoms. The molecule has 2 aromatic rings. The molecule has 1 aromatic carbocycles. The highest BCUT2D eigenvalue weighted by Crippen LogP contribution is 2.28. The van der Waals surface area contributed by atoms with Crippen LogP contribution in [0, 0.1) is 17.0 Å². The number of aryl methyl sites for hydroxylation is 1. The minimum Gasteiger partial charge on any atom is -0.462 e.